The van der Waals surface area contributed by atoms with Gasteiger partial charge >= 0.3 is 0 Å². The summed E-state index contributed by atoms with van der Waals surface area (Å²) in [6, 6.07) is 10.4. The summed E-state index contributed by atoms with van der Waals surface area (Å²) in [5.74, 6) is 1.71. The predicted molar refractivity (Wildman–Crippen MR) is 71.7 cm³/mol. The van der Waals surface area contributed by atoms with Gasteiger partial charge in [0.2, 0.25) is 0 Å². The molecule has 20 heavy (non-hydrogen) atoms. The normalized spacial score (nSPS) is 11.7. The maximum Gasteiger partial charge on any atom is 0.263 e. The van der Waals surface area contributed by atoms with Crippen molar-refractivity contribution in [2.24, 2.45) is 0 Å². The quantitative estimate of drug-likeness (QED) is 0.672. The second-order valence-corrected chi connectivity index (χ2v) is 5.07. The van der Waals surface area contributed by atoms with Crippen molar-refractivity contribution >= 4 is 5.78 Å². The van der Waals surface area contributed by atoms with E-state index < -0.39 is 5.41 Å². The molecule has 0 spiro atoms. The number of ketones is 1. The van der Waals surface area contributed by atoms with Crippen LogP contribution in [0.3, 0.4) is 0 Å². The number of furan rings is 3. The van der Waals surface area contributed by atoms with Crippen LogP contribution in [0.2, 0.25) is 0 Å². The minimum atomic E-state index is -0.439. The van der Waals surface area contributed by atoms with Gasteiger partial charge in [-0.25, -0.2) is 0 Å². The average molecular weight is 270 g/mol. The molecule has 0 bridgehead atoms. The van der Waals surface area contributed by atoms with Crippen molar-refractivity contribution < 1.29 is 18.0 Å². The van der Waals surface area contributed by atoms with E-state index in [1.54, 1.807) is 30.5 Å². The number of rotatable bonds is 4. The summed E-state index contributed by atoms with van der Waals surface area (Å²) in [6.07, 6.45) is 3.08. The van der Waals surface area contributed by atoms with E-state index in [0.717, 1.165) is 5.76 Å². The van der Waals surface area contributed by atoms with E-state index in [0.29, 0.717) is 5.76 Å². The Morgan fingerprint density at radius 2 is 1.65 bits per heavy atom. The fraction of sp³-hybridized carbons (Fsp3) is 0.188. The zero-order chi connectivity index (χ0) is 14.2. The van der Waals surface area contributed by atoms with Crippen molar-refractivity contribution in [1.82, 2.24) is 0 Å². The Bertz CT molecular complexity index is 700. The van der Waals surface area contributed by atoms with Crippen LogP contribution < -0.4 is 0 Å². The fourth-order valence-electron chi connectivity index (χ4n) is 2.08. The highest BCUT2D eigenvalue weighted by molar-refractivity contribution is 6.05. The molecule has 0 saturated heterocycles. The first-order chi connectivity index (χ1) is 9.59. The molecule has 0 saturated carbocycles. The van der Waals surface area contributed by atoms with Gasteiger partial charge in [0.1, 0.15) is 11.5 Å². The Labute approximate surface area is 116 Å². The summed E-state index contributed by atoms with van der Waals surface area (Å²) < 4.78 is 16.2. The van der Waals surface area contributed by atoms with Gasteiger partial charge < -0.3 is 13.3 Å². The number of hydrogen-bond acceptors (Lipinski definition) is 4. The van der Waals surface area contributed by atoms with E-state index >= 15 is 0 Å². The SMILES string of the molecule is CC(C)(c1ccco1)c1ccc(C(=O)c2ccco2)o1. The summed E-state index contributed by atoms with van der Waals surface area (Å²) in [5, 5.41) is 0. The number of hydrogen-bond donors (Lipinski definition) is 0. The van der Waals surface area contributed by atoms with Crippen molar-refractivity contribution in [2.75, 3.05) is 0 Å². The highest BCUT2D eigenvalue weighted by Gasteiger charge is 2.30. The Morgan fingerprint density at radius 3 is 2.30 bits per heavy atom. The second kappa shape index (κ2) is 4.56. The summed E-state index contributed by atoms with van der Waals surface area (Å²) in [4.78, 5) is 12.1. The summed E-state index contributed by atoms with van der Waals surface area (Å²) >= 11 is 0. The molecule has 0 aliphatic carbocycles. The monoisotopic (exact) mass is 270 g/mol. The van der Waals surface area contributed by atoms with E-state index in [2.05, 4.69) is 0 Å². The van der Waals surface area contributed by atoms with Gasteiger partial charge in [-0.1, -0.05) is 0 Å². The lowest BCUT2D eigenvalue weighted by Crippen LogP contribution is -2.17. The summed E-state index contributed by atoms with van der Waals surface area (Å²) in [6.45, 7) is 3.96. The van der Waals surface area contributed by atoms with E-state index in [1.165, 1.54) is 6.26 Å². The second-order valence-electron chi connectivity index (χ2n) is 5.07. The maximum absolute atomic E-state index is 12.1. The van der Waals surface area contributed by atoms with Gasteiger partial charge in [0, 0.05) is 0 Å². The standard InChI is InChI=1S/C16H14O4/c1-16(2,13-6-4-10-19-13)14-8-7-12(20-14)15(17)11-5-3-9-18-11/h3-10H,1-2H3. The molecule has 0 radical (unpaired) electrons. The molecule has 0 amide bonds. The third kappa shape index (κ3) is 1.99. The molecule has 0 N–H and O–H groups in total. The number of carbonyl (C=O) groups is 1. The molecular formula is C16H14O4. The molecule has 102 valence electrons. The van der Waals surface area contributed by atoms with E-state index in [9.17, 15) is 4.79 Å². The molecule has 3 aromatic heterocycles. The van der Waals surface area contributed by atoms with Crippen LogP contribution in [0.15, 0.2) is 62.2 Å². The van der Waals surface area contributed by atoms with E-state index in [-0.39, 0.29) is 17.3 Å². The van der Waals surface area contributed by atoms with Gasteiger partial charge in [-0.3, -0.25) is 4.79 Å². The highest BCUT2D eigenvalue weighted by Crippen LogP contribution is 2.33. The first-order valence-electron chi connectivity index (χ1n) is 6.31. The Morgan fingerprint density at radius 1 is 0.900 bits per heavy atom. The maximum atomic E-state index is 12.1. The van der Waals surface area contributed by atoms with Crippen molar-refractivity contribution in [3.05, 3.63) is 72.0 Å². The van der Waals surface area contributed by atoms with Crippen molar-refractivity contribution in [2.45, 2.75) is 19.3 Å². The lowest BCUT2D eigenvalue weighted by atomic mass is 9.87. The van der Waals surface area contributed by atoms with Crippen LogP contribution in [0.5, 0.6) is 0 Å². The van der Waals surface area contributed by atoms with E-state index in [4.69, 9.17) is 13.3 Å². The smallest absolute Gasteiger partial charge is 0.263 e. The molecule has 4 heteroatoms. The Kier molecular flexibility index (Phi) is 2.86. The van der Waals surface area contributed by atoms with Gasteiger partial charge in [0.25, 0.3) is 5.78 Å². The summed E-state index contributed by atoms with van der Waals surface area (Å²) in [5.41, 5.74) is -0.439. The van der Waals surface area contributed by atoms with Crippen LogP contribution in [0, 0.1) is 0 Å². The zero-order valence-corrected chi connectivity index (χ0v) is 11.3. The summed E-state index contributed by atoms with van der Waals surface area (Å²) in [7, 11) is 0. The molecule has 3 heterocycles. The van der Waals surface area contributed by atoms with Crippen molar-refractivity contribution in [1.29, 1.82) is 0 Å². The molecule has 0 fully saturated rings. The lowest BCUT2D eigenvalue weighted by molar-refractivity contribution is 0.0979. The molecule has 0 aliphatic heterocycles. The molecule has 0 atom stereocenters. The lowest BCUT2D eigenvalue weighted by Gasteiger charge is -2.18. The fourth-order valence-corrected chi connectivity index (χ4v) is 2.08. The van der Waals surface area contributed by atoms with Gasteiger partial charge in [0.05, 0.1) is 17.9 Å². The van der Waals surface area contributed by atoms with Crippen LogP contribution in [-0.4, -0.2) is 5.78 Å². The Balaban J connectivity index is 1.93. The molecule has 0 aromatic carbocycles. The molecular weight excluding hydrogens is 256 g/mol. The molecule has 0 aliphatic rings. The Hall–Kier alpha value is -2.49. The first kappa shape index (κ1) is 12.5. The van der Waals surface area contributed by atoms with Gasteiger partial charge in [-0.15, -0.1) is 0 Å². The van der Waals surface area contributed by atoms with Crippen LogP contribution in [0.1, 0.15) is 41.7 Å². The zero-order valence-electron chi connectivity index (χ0n) is 11.3. The average Bonchev–Trinajstić information content (AvgIpc) is 3.17. The topological polar surface area (TPSA) is 56.5 Å². The minimum Gasteiger partial charge on any atom is -0.468 e. The van der Waals surface area contributed by atoms with Gasteiger partial charge in [-0.05, 0) is 50.2 Å². The van der Waals surface area contributed by atoms with E-state index in [1.807, 2.05) is 26.0 Å². The van der Waals surface area contributed by atoms with Crippen LogP contribution in [0.25, 0.3) is 0 Å². The highest BCUT2D eigenvalue weighted by atomic mass is 16.4. The van der Waals surface area contributed by atoms with Crippen LogP contribution in [0.4, 0.5) is 0 Å². The van der Waals surface area contributed by atoms with Gasteiger partial charge in [-0.2, -0.15) is 0 Å². The minimum absolute atomic E-state index is 0.259. The molecule has 4 nitrogen and oxygen atoms in total. The third-order valence-electron chi connectivity index (χ3n) is 3.33. The molecule has 3 aromatic rings. The predicted octanol–water partition coefficient (Wildman–Crippen LogP) is 4.02. The molecule has 3 rings (SSSR count). The third-order valence-corrected chi connectivity index (χ3v) is 3.33. The van der Waals surface area contributed by atoms with Crippen molar-refractivity contribution in [3.8, 4) is 0 Å². The number of carbonyl (C=O) groups excluding carboxylic acids is 1. The largest absolute Gasteiger partial charge is 0.468 e. The van der Waals surface area contributed by atoms with Gasteiger partial charge in [0.15, 0.2) is 11.5 Å². The first-order valence-corrected chi connectivity index (χ1v) is 6.31. The van der Waals surface area contributed by atoms with Crippen molar-refractivity contribution in [3.63, 3.8) is 0 Å². The van der Waals surface area contributed by atoms with Crippen LogP contribution >= 0.6 is 0 Å². The molecule has 0 unspecified atom stereocenters. The van der Waals surface area contributed by atoms with Crippen LogP contribution in [-0.2, 0) is 5.41 Å².